The number of carbonyl (C=O) groups excluding carboxylic acids is 1. The first kappa shape index (κ1) is 19.1. The standard InChI is InChI=1S/C17H29N3O3/c1-5-20(6-2)11-7-10-18-17(21)19-13-14-8-9-15(22-3)16(12-14)23-4/h8-9,12H,5-7,10-11,13H2,1-4H3,(H2,18,19,21). The van der Waals surface area contributed by atoms with Crippen LogP contribution >= 0.6 is 0 Å². The van der Waals surface area contributed by atoms with E-state index in [1.807, 2.05) is 18.2 Å². The zero-order valence-electron chi connectivity index (χ0n) is 14.6. The number of methoxy groups -OCH3 is 2. The van der Waals surface area contributed by atoms with E-state index in [0.29, 0.717) is 24.6 Å². The highest BCUT2D eigenvalue weighted by Crippen LogP contribution is 2.27. The van der Waals surface area contributed by atoms with Gasteiger partial charge in [0.1, 0.15) is 0 Å². The average Bonchev–Trinajstić information content (AvgIpc) is 2.59. The van der Waals surface area contributed by atoms with E-state index in [9.17, 15) is 4.79 Å². The van der Waals surface area contributed by atoms with Crippen LogP contribution in [0, 0.1) is 0 Å². The molecule has 2 amide bonds. The van der Waals surface area contributed by atoms with E-state index in [1.165, 1.54) is 0 Å². The lowest BCUT2D eigenvalue weighted by atomic mass is 10.2. The molecular formula is C17H29N3O3. The van der Waals surface area contributed by atoms with Crippen molar-refractivity contribution in [1.29, 1.82) is 0 Å². The fourth-order valence-electron chi connectivity index (χ4n) is 2.28. The van der Waals surface area contributed by atoms with Gasteiger partial charge in [-0.1, -0.05) is 19.9 Å². The molecule has 0 fully saturated rings. The Morgan fingerprint density at radius 2 is 1.78 bits per heavy atom. The predicted molar refractivity (Wildman–Crippen MR) is 92.2 cm³/mol. The number of amides is 2. The maximum absolute atomic E-state index is 11.8. The van der Waals surface area contributed by atoms with E-state index in [0.717, 1.165) is 31.6 Å². The van der Waals surface area contributed by atoms with Gasteiger partial charge in [-0.25, -0.2) is 4.79 Å². The molecule has 130 valence electrons. The van der Waals surface area contributed by atoms with Crippen molar-refractivity contribution in [2.75, 3.05) is 40.4 Å². The van der Waals surface area contributed by atoms with Gasteiger partial charge in [0, 0.05) is 13.1 Å². The first-order chi connectivity index (χ1) is 11.1. The number of nitrogens with one attached hydrogen (secondary N) is 2. The van der Waals surface area contributed by atoms with Crippen LogP contribution in [0.15, 0.2) is 18.2 Å². The van der Waals surface area contributed by atoms with Gasteiger partial charge in [-0.15, -0.1) is 0 Å². The van der Waals surface area contributed by atoms with Crippen molar-refractivity contribution in [3.63, 3.8) is 0 Å². The molecule has 1 aromatic carbocycles. The van der Waals surface area contributed by atoms with E-state index in [2.05, 4.69) is 29.4 Å². The Hall–Kier alpha value is -1.95. The van der Waals surface area contributed by atoms with Crippen LogP contribution in [0.3, 0.4) is 0 Å². The number of hydrogen-bond donors (Lipinski definition) is 2. The molecule has 6 nitrogen and oxygen atoms in total. The lowest BCUT2D eigenvalue weighted by Gasteiger charge is -2.17. The highest BCUT2D eigenvalue weighted by atomic mass is 16.5. The number of carbonyl (C=O) groups is 1. The summed E-state index contributed by atoms with van der Waals surface area (Å²) in [6.07, 6.45) is 0.950. The zero-order valence-corrected chi connectivity index (χ0v) is 14.6. The van der Waals surface area contributed by atoms with Crippen molar-refractivity contribution < 1.29 is 14.3 Å². The molecule has 0 bridgehead atoms. The van der Waals surface area contributed by atoms with Crippen LogP contribution in [0.1, 0.15) is 25.8 Å². The molecule has 0 saturated heterocycles. The highest BCUT2D eigenvalue weighted by molar-refractivity contribution is 5.73. The Labute approximate surface area is 139 Å². The van der Waals surface area contributed by atoms with Crippen molar-refractivity contribution in [3.8, 4) is 11.5 Å². The molecule has 0 saturated carbocycles. The molecule has 0 aliphatic heterocycles. The second-order valence-corrected chi connectivity index (χ2v) is 5.18. The molecule has 1 aromatic rings. The molecule has 0 heterocycles. The minimum absolute atomic E-state index is 0.153. The van der Waals surface area contributed by atoms with Crippen molar-refractivity contribution in [2.24, 2.45) is 0 Å². The SMILES string of the molecule is CCN(CC)CCCNC(=O)NCc1ccc(OC)c(OC)c1. The number of hydrogen-bond acceptors (Lipinski definition) is 4. The number of nitrogens with zero attached hydrogens (tertiary/aromatic N) is 1. The second-order valence-electron chi connectivity index (χ2n) is 5.18. The van der Waals surface area contributed by atoms with Crippen LogP contribution in [0.4, 0.5) is 4.79 Å². The summed E-state index contributed by atoms with van der Waals surface area (Å²) in [6.45, 7) is 8.50. The molecule has 0 unspecified atom stereocenters. The average molecular weight is 323 g/mol. The fourth-order valence-corrected chi connectivity index (χ4v) is 2.28. The van der Waals surface area contributed by atoms with Gasteiger partial charge in [0.05, 0.1) is 14.2 Å². The third-order valence-corrected chi connectivity index (χ3v) is 3.73. The van der Waals surface area contributed by atoms with E-state index >= 15 is 0 Å². The van der Waals surface area contributed by atoms with Gasteiger partial charge in [0.2, 0.25) is 0 Å². The summed E-state index contributed by atoms with van der Waals surface area (Å²) in [6, 6.07) is 5.44. The van der Waals surface area contributed by atoms with E-state index in [1.54, 1.807) is 14.2 Å². The summed E-state index contributed by atoms with van der Waals surface area (Å²) in [5, 5.41) is 5.72. The van der Waals surface area contributed by atoms with Crippen molar-refractivity contribution in [2.45, 2.75) is 26.8 Å². The summed E-state index contributed by atoms with van der Waals surface area (Å²) in [5.74, 6) is 1.34. The fraction of sp³-hybridized carbons (Fsp3) is 0.588. The predicted octanol–water partition coefficient (Wildman–Crippen LogP) is 2.23. The van der Waals surface area contributed by atoms with Crippen LogP contribution in [0.2, 0.25) is 0 Å². The third kappa shape index (κ3) is 6.78. The van der Waals surface area contributed by atoms with Gasteiger partial charge in [0.25, 0.3) is 0 Å². The minimum atomic E-state index is -0.153. The highest BCUT2D eigenvalue weighted by Gasteiger charge is 2.06. The summed E-state index contributed by atoms with van der Waals surface area (Å²) in [5.41, 5.74) is 0.959. The van der Waals surface area contributed by atoms with Crippen LogP contribution in [-0.2, 0) is 6.54 Å². The number of ether oxygens (including phenoxy) is 2. The molecular weight excluding hydrogens is 294 g/mol. The third-order valence-electron chi connectivity index (χ3n) is 3.73. The Morgan fingerprint density at radius 1 is 1.09 bits per heavy atom. The van der Waals surface area contributed by atoms with Gasteiger partial charge in [-0.3, -0.25) is 0 Å². The zero-order chi connectivity index (χ0) is 17.1. The molecule has 0 aliphatic carbocycles. The normalized spacial score (nSPS) is 10.5. The van der Waals surface area contributed by atoms with Crippen LogP contribution < -0.4 is 20.1 Å². The maximum atomic E-state index is 11.8. The lowest BCUT2D eigenvalue weighted by Crippen LogP contribution is -2.36. The van der Waals surface area contributed by atoms with Crippen molar-refractivity contribution in [1.82, 2.24) is 15.5 Å². The molecule has 0 radical (unpaired) electrons. The Balaban J connectivity index is 2.30. The van der Waals surface area contributed by atoms with Gasteiger partial charge >= 0.3 is 6.03 Å². The van der Waals surface area contributed by atoms with E-state index in [-0.39, 0.29) is 6.03 Å². The Kier molecular flexibility index (Phi) is 8.90. The maximum Gasteiger partial charge on any atom is 0.315 e. The molecule has 0 aromatic heterocycles. The molecule has 0 spiro atoms. The Bertz CT molecular complexity index is 476. The Morgan fingerprint density at radius 3 is 2.39 bits per heavy atom. The summed E-state index contributed by atoms with van der Waals surface area (Å²) in [4.78, 5) is 14.1. The largest absolute Gasteiger partial charge is 0.493 e. The van der Waals surface area contributed by atoms with Gasteiger partial charge in [0.15, 0.2) is 11.5 Å². The monoisotopic (exact) mass is 323 g/mol. The second kappa shape index (κ2) is 10.7. The van der Waals surface area contributed by atoms with Gasteiger partial charge < -0.3 is 25.0 Å². The number of benzene rings is 1. The summed E-state index contributed by atoms with van der Waals surface area (Å²) in [7, 11) is 3.19. The molecule has 6 heteroatoms. The van der Waals surface area contributed by atoms with E-state index < -0.39 is 0 Å². The van der Waals surface area contributed by atoms with Crippen molar-refractivity contribution in [3.05, 3.63) is 23.8 Å². The van der Waals surface area contributed by atoms with Gasteiger partial charge in [-0.2, -0.15) is 0 Å². The smallest absolute Gasteiger partial charge is 0.315 e. The molecule has 1 rings (SSSR count). The van der Waals surface area contributed by atoms with Crippen LogP contribution in [0.5, 0.6) is 11.5 Å². The van der Waals surface area contributed by atoms with Gasteiger partial charge in [-0.05, 0) is 43.8 Å². The van der Waals surface area contributed by atoms with E-state index in [4.69, 9.17) is 9.47 Å². The first-order valence-electron chi connectivity index (χ1n) is 8.09. The molecule has 0 aliphatic rings. The van der Waals surface area contributed by atoms with Crippen molar-refractivity contribution >= 4 is 6.03 Å². The van der Waals surface area contributed by atoms with Crippen LogP contribution in [-0.4, -0.2) is 51.3 Å². The summed E-state index contributed by atoms with van der Waals surface area (Å²) < 4.78 is 10.4. The topological polar surface area (TPSA) is 62.8 Å². The van der Waals surface area contributed by atoms with Crippen LogP contribution in [0.25, 0.3) is 0 Å². The molecule has 0 atom stereocenters. The number of urea groups is 1. The lowest BCUT2D eigenvalue weighted by molar-refractivity contribution is 0.239. The molecule has 2 N–H and O–H groups in total. The minimum Gasteiger partial charge on any atom is -0.493 e. The number of rotatable bonds is 10. The first-order valence-corrected chi connectivity index (χ1v) is 8.09. The quantitative estimate of drug-likeness (QED) is 0.648. The molecule has 23 heavy (non-hydrogen) atoms. The summed E-state index contributed by atoms with van der Waals surface area (Å²) >= 11 is 0.